The third kappa shape index (κ3) is 3.64. The van der Waals surface area contributed by atoms with Crippen molar-refractivity contribution in [1.82, 2.24) is 9.88 Å². The van der Waals surface area contributed by atoms with Gasteiger partial charge in [-0.05, 0) is 54.0 Å². The molecule has 0 unspecified atom stereocenters. The summed E-state index contributed by atoms with van der Waals surface area (Å²) in [6.45, 7) is 7.84. The van der Waals surface area contributed by atoms with Crippen LogP contribution in [0.1, 0.15) is 16.8 Å². The quantitative estimate of drug-likeness (QED) is 0.647. The lowest BCUT2D eigenvalue weighted by Gasteiger charge is -2.28. The van der Waals surface area contributed by atoms with Gasteiger partial charge < -0.3 is 10.2 Å². The SMILES string of the molecule is C=CC(=O)N1CCc2ccc(Nc3ccnc(C(F)(F)C=C)c3)cc2C1. The Balaban J connectivity index is 1.82. The Morgan fingerprint density at radius 3 is 2.69 bits per heavy atom. The van der Waals surface area contributed by atoms with E-state index in [9.17, 15) is 13.6 Å². The largest absolute Gasteiger partial charge is 0.355 e. The van der Waals surface area contributed by atoms with Crippen LogP contribution in [0.2, 0.25) is 0 Å². The molecule has 6 heteroatoms. The zero-order valence-electron chi connectivity index (χ0n) is 14.2. The molecule has 0 fully saturated rings. The van der Waals surface area contributed by atoms with Crippen LogP contribution in [0.5, 0.6) is 0 Å². The maximum atomic E-state index is 13.7. The Morgan fingerprint density at radius 2 is 1.96 bits per heavy atom. The highest BCUT2D eigenvalue weighted by atomic mass is 19.3. The third-order valence-corrected chi connectivity index (χ3v) is 4.35. The van der Waals surface area contributed by atoms with Crippen LogP contribution in [0.15, 0.2) is 61.8 Å². The number of nitrogens with one attached hydrogen (secondary N) is 1. The van der Waals surface area contributed by atoms with Crippen LogP contribution in [0.3, 0.4) is 0 Å². The average Bonchev–Trinajstić information content (AvgIpc) is 2.67. The Morgan fingerprint density at radius 1 is 1.19 bits per heavy atom. The number of hydrogen-bond donors (Lipinski definition) is 1. The molecule has 3 rings (SSSR count). The summed E-state index contributed by atoms with van der Waals surface area (Å²) in [6.07, 6.45) is 3.99. The van der Waals surface area contributed by atoms with Crippen LogP contribution >= 0.6 is 0 Å². The van der Waals surface area contributed by atoms with E-state index in [1.807, 2.05) is 18.2 Å². The molecule has 2 heterocycles. The zero-order valence-corrected chi connectivity index (χ0v) is 14.2. The molecule has 0 saturated carbocycles. The van der Waals surface area contributed by atoms with Gasteiger partial charge in [0.05, 0.1) is 0 Å². The Hall–Kier alpha value is -3.02. The van der Waals surface area contributed by atoms with Gasteiger partial charge in [-0.3, -0.25) is 9.78 Å². The number of aromatic nitrogens is 1. The Kier molecular flexibility index (Phi) is 4.84. The van der Waals surface area contributed by atoms with E-state index in [1.165, 1.54) is 23.9 Å². The van der Waals surface area contributed by atoms with E-state index in [0.717, 1.165) is 17.7 Å². The molecule has 4 nitrogen and oxygen atoms in total. The molecule has 0 saturated heterocycles. The van der Waals surface area contributed by atoms with Gasteiger partial charge in [0, 0.05) is 30.7 Å². The number of benzene rings is 1. The zero-order chi connectivity index (χ0) is 18.7. The summed E-state index contributed by atoms with van der Waals surface area (Å²) in [5.41, 5.74) is 3.11. The fraction of sp³-hybridized carbons (Fsp3) is 0.200. The molecule has 1 aliphatic heterocycles. The number of rotatable bonds is 5. The van der Waals surface area contributed by atoms with Gasteiger partial charge in [0.1, 0.15) is 5.69 Å². The van der Waals surface area contributed by atoms with Crippen LogP contribution in [-0.4, -0.2) is 22.3 Å². The Bertz CT molecular complexity index is 864. The van der Waals surface area contributed by atoms with E-state index in [1.54, 1.807) is 11.0 Å². The molecule has 2 aromatic rings. The molecule has 0 spiro atoms. The number of amides is 1. The lowest BCUT2D eigenvalue weighted by atomic mass is 9.99. The molecule has 1 amide bonds. The number of halogens is 2. The van der Waals surface area contributed by atoms with Gasteiger partial charge in [0.2, 0.25) is 5.91 Å². The van der Waals surface area contributed by atoms with Crippen LogP contribution in [0.4, 0.5) is 20.2 Å². The molecule has 1 aromatic carbocycles. The number of allylic oxidation sites excluding steroid dienone is 1. The van der Waals surface area contributed by atoms with Crippen molar-refractivity contribution in [2.24, 2.45) is 0 Å². The second-order valence-corrected chi connectivity index (χ2v) is 6.08. The topological polar surface area (TPSA) is 45.2 Å². The maximum absolute atomic E-state index is 13.7. The van der Waals surface area contributed by atoms with Crippen molar-refractivity contribution in [1.29, 1.82) is 0 Å². The minimum absolute atomic E-state index is 0.0977. The lowest BCUT2D eigenvalue weighted by molar-refractivity contribution is -0.126. The first-order chi connectivity index (χ1) is 12.4. The van der Waals surface area contributed by atoms with Crippen molar-refractivity contribution in [2.45, 2.75) is 18.9 Å². The molecule has 1 N–H and O–H groups in total. The highest BCUT2D eigenvalue weighted by Gasteiger charge is 2.29. The fourth-order valence-electron chi connectivity index (χ4n) is 2.91. The molecule has 1 aromatic heterocycles. The lowest BCUT2D eigenvalue weighted by Crippen LogP contribution is -2.34. The molecule has 0 aliphatic carbocycles. The highest BCUT2D eigenvalue weighted by molar-refractivity contribution is 5.87. The number of hydrogen-bond acceptors (Lipinski definition) is 3. The van der Waals surface area contributed by atoms with E-state index in [-0.39, 0.29) is 11.6 Å². The molecular weight excluding hydrogens is 336 g/mol. The first-order valence-electron chi connectivity index (χ1n) is 8.21. The monoisotopic (exact) mass is 355 g/mol. The summed E-state index contributed by atoms with van der Waals surface area (Å²) in [5, 5.41) is 3.12. The number of fused-ring (bicyclic) bond motifs is 1. The normalized spacial score (nSPS) is 13.7. The summed E-state index contributed by atoms with van der Waals surface area (Å²) in [4.78, 5) is 17.3. The number of nitrogens with zero attached hydrogens (tertiary/aromatic N) is 2. The first-order valence-corrected chi connectivity index (χ1v) is 8.21. The van der Waals surface area contributed by atoms with Gasteiger partial charge in [-0.15, -0.1) is 0 Å². The minimum Gasteiger partial charge on any atom is -0.355 e. The number of pyridine rings is 1. The van der Waals surface area contributed by atoms with Gasteiger partial charge in [0.15, 0.2) is 0 Å². The minimum atomic E-state index is -3.18. The van der Waals surface area contributed by atoms with Crippen molar-refractivity contribution in [2.75, 3.05) is 11.9 Å². The van der Waals surface area contributed by atoms with E-state index < -0.39 is 5.92 Å². The van der Waals surface area contributed by atoms with Crippen LogP contribution in [0.25, 0.3) is 0 Å². The van der Waals surface area contributed by atoms with Crippen molar-refractivity contribution in [3.8, 4) is 0 Å². The third-order valence-electron chi connectivity index (χ3n) is 4.35. The predicted molar refractivity (Wildman–Crippen MR) is 97.4 cm³/mol. The van der Waals surface area contributed by atoms with Crippen LogP contribution in [0, 0.1) is 0 Å². The summed E-state index contributed by atoms with van der Waals surface area (Å²) in [5.74, 6) is -3.28. The van der Waals surface area contributed by atoms with E-state index >= 15 is 0 Å². The fourth-order valence-corrected chi connectivity index (χ4v) is 2.91. The highest BCUT2D eigenvalue weighted by Crippen LogP contribution is 2.30. The van der Waals surface area contributed by atoms with Crippen molar-refractivity contribution in [3.63, 3.8) is 0 Å². The molecule has 0 atom stereocenters. The predicted octanol–water partition coefficient (Wildman–Crippen LogP) is 4.17. The van der Waals surface area contributed by atoms with Gasteiger partial charge in [0.25, 0.3) is 0 Å². The molecular formula is C20H19F2N3O. The smallest absolute Gasteiger partial charge is 0.307 e. The van der Waals surface area contributed by atoms with Crippen molar-refractivity contribution < 1.29 is 13.6 Å². The van der Waals surface area contributed by atoms with Crippen molar-refractivity contribution in [3.05, 3.63) is 78.7 Å². The second-order valence-electron chi connectivity index (χ2n) is 6.08. The molecule has 1 aliphatic rings. The van der Waals surface area contributed by atoms with E-state index in [4.69, 9.17) is 0 Å². The second kappa shape index (κ2) is 7.07. The standard InChI is InChI=1S/C20H19F2N3O/c1-3-19(26)25-10-8-14-5-6-16(11-15(14)13-25)24-17-7-9-23-18(12-17)20(21,22)4-2/h3-7,9,11-12H,1-2,8,10,13H2,(H,23,24). The molecule has 0 bridgehead atoms. The summed E-state index contributed by atoms with van der Waals surface area (Å²) in [7, 11) is 0. The first kappa shape index (κ1) is 17.8. The van der Waals surface area contributed by atoms with Crippen LogP contribution in [-0.2, 0) is 23.7 Å². The number of anilines is 2. The van der Waals surface area contributed by atoms with Gasteiger partial charge in [-0.25, -0.2) is 0 Å². The molecule has 0 radical (unpaired) electrons. The number of alkyl halides is 2. The molecule has 26 heavy (non-hydrogen) atoms. The van der Waals surface area contributed by atoms with Crippen molar-refractivity contribution >= 4 is 17.3 Å². The van der Waals surface area contributed by atoms with Crippen LogP contribution < -0.4 is 5.32 Å². The van der Waals surface area contributed by atoms with E-state index in [0.29, 0.717) is 24.9 Å². The van der Waals surface area contributed by atoms with Gasteiger partial charge in [-0.1, -0.05) is 19.2 Å². The maximum Gasteiger partial charge on any atom is 0.307 e. The molecule has 134 valence electrons. The average molecular weight is 355 g/mol. The van der Waals surface area contributed by atoms with Gasteiger partial charge in [-0.2, -0.15) is 8.78 Å². The van der Waals surface area contributed by atoms with E-state index in [2.05, 4.69) is 23.5 Å². The number of carbonyl (C=O) groups excluding carboxylic acids is 1. The Labute approximate surface area is 150 Å². The summed E-state index contributed by atoms with van der Waals surface area (Å²) < 4.78 is 27.5. The summed E-state index contributed by atoms with van der Waals surface area (Å²) >= 11 is 0. The number of carbonyl (C=O) groups is 1. The van der Waals surface area contributed by atoms with Gasteiger partial charge >= 0.3 is 5.92 Å². The summed E-state index contributed by atoms with van der Waals surface area (Å²) in [6, 6.07) is 8.75.